The van der Waals surface area contributed by atoms with E-state index in [2.05, 4.69) is 0 Å². The molecule has 0 aromatic heterocycles. The van der Waals surface area contributed by atoms with Crippen molar-refractivity contribution in [2.75, 3.05) is 6.61 Å². The zero-order valence-corrected chi connectivity index (χ0v) is 11.5. The van der Waals surface area contributed by atoms with Crippen LogP contribution < -0.4 is 15.9 Å². The molecule has 1 aliphatic heterocycles. The molecule has 0 saturated heterocycles. The van der Waals surface area contributed by atoms with E-state index >= 15 is 0 Å². The van der Waals surface area contributed by atoms with E-state index in [0.717, 1.165) is 11.1 Å². The fourth-order valence-corrected chi connectivity index (χ4v) is 2.33. The Hall–Kier alpha value is -1.26. The van der Waals surface area contributed by atoms with Gasteiger partial charge in [0.15, 0.2) is 0 Å². The summed E-state index contributed by atoms with van der Waals surface area (Å²) in [5.74, 6) is 0.428. The molecule has 0 unspecified atom stereocenters. The molecule has 1 atom stereocenters. The first-order chi connectivity index (χ1) is 8.85. The molecule has 0 saturated carbocycles. The molecule has 0 spiro atoms. The molecule has 0 radical (unpaired) electrons. The number of nitriles is 1. The second-order valence-corrected chi connectivity index (χ2v) is 5.27. The van der Waals surface area contributed by atoms with E-state index < -0.39 is 12.7 Å². The van der Waals surface area contributed by atoms with Crippen LogP contribution in [0.1, 0.15) is 18.1 Å². The molecule has 7 heteroatoms. The Morgan fingerprint density at radius 3 is 3.05 bits per heavy atom. The first-order valence-electron chi connectivity index (χ1n) is 5.80. The van der Waals surface area contributed by atoms with Crippen LogP contribution in [0.4, 0.5) is 0 Å². The van der Waals surface area contributed by atoms with Gasteiger partial charge in [0.2, 0.25) is 0 Å². The van der Waals surface area contributed by atoms with Crippen molar-refractivity contribution in [3.63, 3.8) is 0 Å². The molecule has 1 aromatic rings. The van der Waals surface area contributed by atoms with Gasteiger partial charge in [0.25, 0.3) is 0 Å². The van der Waals surface area contributed by atoms with E-state index in [0.29, 0.717) is 22.8 Å². The van der Waals surface area contributed by atoms with Crippen molar-refractivity contribution in [3.8, 4) is 11.8 Å². The fraction of sp³-hybridized carbons (Fsp3) is 0.417. The SMILES string of the molecule is Cc1cc2c(c(Cl)c1OC[C@](C)(N)C#N)B(O)OC2. The van der Waals surface area contributed by atoms with Crippen LogP contribution in [0, 0.1) is 18.3 Å². The first-order valence-corrected chi connectivity index (χ1v) is 6.18. The van der Waals surface area contributed by atoms with Gasteiger partial charge >= 0.3 is 7.12 Å². The summed E-state index contributed by atoms with van der Waals surface area (Å²) >= 11 is 6.24. The monoisotopic (exact) mass is 280 g/mol. The van der Waals surface area contributed by atoms with Crippen molar-refractivity contribution in [1.29, 1.82) is 5.26 Å². The van der Waals surface area contributed by atoms with Crippen molar-refractivity contribution in [2.45, 2.75) is 26.0 Å². The zero-order chi connectivity index (χ0) is 14.2. The number of aryl methyl sites for hydroxylation is 1. The van der Waals surface area contributed by atoms with Crippen molar-refractivity contribution in [1.82, 2.24) is 0 Å². The average molecular weight is 281 g/mol. The van der Waals surface area contributed by atoms with Gasteiger partial charge in [0, 0.05) is 5.46 Å². The second kappa shape index (κ2) is 5.02. The van der Waals surface area contributed by atoms with Gasteiger partial charge in [0.05, 0.1) is 17.7 Å². The van der Waals surface area contributed by atoms with Crippen LogP contribution in [0.5, 0.6) is 5.75 Å². The summed E-state index contributed by atoms with van der Waals surface area (Å²) in [6, 6.07) is 3.80. The standard InChI is InChI=1S/C12H14BClN2O3/c1-7-3-8-4-19-13(17)9(8)10(14)11(7)18-6-12(2,16)5-15/h3,17H,4,6,16H2,1-2H3/t12-/m1/s1. The van der Waals surface area contributed by atoms with Gasteiger partial charge in [0.1, 0.15) is 17.9 Å². The van der Waals surface area contributed by atoms with Gasteiger partial charge in [-0.15, -0.1) is 0 Å². The number of nitrogens with zero attached hydrogens (tertiary/aromatic N) is 1. The predicted molar refractivity (Wildman–Crippen MR) is 72.3 cm³/mol. The number of fused-ring (bicyclic) bond motifs is 1. The number of benzene rings is 1. The molecule has 2 rings (SSSR count). The topological polar surface area (TPSA) is 88.5 Å². The van der Waals surface area contributed by atoms with Gasteiger partial charge in [-0.2, -0.15) is 5.26 Å². The van der Waals surface area contributed by atoms with Gasteiger partial charge in [-0.1, -0.05) is 17.7 Å². The van der Waals surface area contributed by atoms with E-state index in [1.54, 1.807) is 6.92 Å². The Labute approximate surface area is 117 Å². The number of ether oxygens (including phenoxy) is 1. The third-order valence-electron chi connectivity index (χ3n) is 2.95. The average Bonchev–Trinajstić information content (AvgIpc) is 2.70. The highest BCUT2D eigenvalue weighted by Gasteiger charge is 2.33. The predicted octanol–water partition coefficient (Wildman–Crippen LogP) is 0.486. The van der Waals surface area contributed by atoms with Gasteiger partial charge < -0.3 is 20.1 Å². The fourth-order valence-electron chi connectivity index (χ4n) is 1.91. The van der Waals surface area contributed by atoms with Crippen molar-refractivity contribution >= 4 is 24.2 Å². The highest BCUT2D eigenvalue weighted by Crippen LogP contribution is 2.31. The Bertz CT molecular complexity index is 557. The Morgan fingerprint density at radius 1 is 1.74 bits per heavy atom. The van der Waals surface area contributed by atoms with E-state index in [1.165, 1.54) is 0 Å². The van der Waals surface area contributed by atoms with Crippen LogP contribution in [-0.4, -0.2) is 24.3 Å². The zero-order valence-electron chi connectivity index (χ0n) is 10.7. The molecule has 1 aromatic carbocycles. The lowest BCUT2D eigenvalue weighted by atomic mass is 9.78. The van der Waals surface area contributed by atoms with Crippen molar-refractivity contribution in [3.05, 3.63) is 22.2 Å². The largest absolute Gasteiger partial charge is 0.493 e. The summed E-state index contributed by atoms with van der Waals surface area (Å²) in [7, 11) is -1.04. The molecule has 0 aliphatic carbocycles. The third-order valence-corrected chi connectivity index (χ3v) is 3.32. The highest BCUT2D eigenvalue weighted by molar-refractivity contribution is 6.65. The minimum Gasteiger partial charge on any atom is -0.489 e. The minimum atomic E-state index is -1.09. The van der Waals surface area contributed by atoms with Crippen molar-refractivity contribution < 1.29 is 14.4 Å². The van der Waals surface area contributed by atoms with E-state index in [4.69, 9.17) is 32.0 Å². The van der Waals surface area contributed by atoms with Crippen LogP contribution in [0.2, 0.25) is 5.02 Å². The molecule has 19 heavy (non-hydrogen) atoms. The Morgan fingerprint density at radius 2 is 2.42 bits per heavy atom. The maximum atomic E-state index is 9.71. The molecular formula is C12H14BClN2O3. The van der Waals surface area contributed by atoms with E-state index in [1.807, 2.05) is 19.1 Å². The highest BCUT2D eigenvalue weighted by atomic mass is 35.5. The number of hydrogen-bond donors (Lipinski definition) is 2. The van der Waals surface area contributed by atoms with Gasteiger partial charge in [-0.05, 0) is 25.0 Å². The number of halogens is 1. The maximum Gasteiger partial charge on any atom is 0.493 e. The van der Waals surface area contributed by atoms with Crippen LogP contribution in [0.25, 0.3) is 0 Å². The molecule has 100 valence electrons. The summed E-state index contributed by atoms with van der Waals surface area (Å²) in [4.78, 5) is 0. The Balaban J connectivity index is 2.32. The molecule has 0 fully saturated rings. The van der Waals surface area contributed by atoms with Crippen LogP contribution in [0.3, 0.4) is 0 Å². The van der Waals surface area contributed by atoms with Crippen LogP contribution >= 0.6 is 11.6 Å². The molecular weight excluding hydrogens is 266 g/mol. The summed E-state index contributed by atoms with van der Waals surface area (Å²) in [5.41, 5.74) is 6.79. The Kier molecular flexibility index (Phi) is 3.74. The summed E-state index contributed by atoms with van der Waals surface area (Å²) in [6.07, 6.45) is 0. The van der Waals surface area contributed by atoms with Crippen molar-refractivity contribution in [2.24, 2.45) is 5.73 Å². The third kappa shape index (κ3) is 2.70. The van der Waals surface area contributed by atoms with E-state index in [-0.39, 0.29) is 6.61 Å². The quantitative estimate of drug-likeness (QED) is 0.787. The number of nitrogens with two attached hydrogens (primary N) is 1. The normalized spacial score (nSPS) is 16.7. The maximum absolute atomic E-state index is 9.71. The lowest BCUT2D eigenvalue weighted by molar-refractivity contribution is 0.263. The summed E-state index contributed by atoms with van der Waals surface area (Å²) < 4.78 is 10.7. The first kappa shape index (κ1) is 14.2. The molecule has 3 N–H and O–H groups in total. The van der Waals surface area contributed by atoms with Gasteiger partial charge in [-0.25, -0.2) is 0 Å². The molecule has 5 nitrogen and oxygen atoms in total. The molecule has 0 amide bonds. The minimum absolute atomic E-state index is 0.0137. The van der Waals surface area contributed by atoms with Gasteiger partial charge in [-0.3, -0.25) is 0 Å². The summed E-state index contributed by atoms with van der Waals surface area (Å²) in [6.45, 7) is 3.75. The number of rotatable bonds is 3. The second-order valence-electron chi connectivity index (χ2n) is 4.89. The molecule has 1 aliphatic rings. The van der Waals surface area contributed by atoms with E-state index in [9.17, 15) is 5.02 Å². The molecule has 0 bridgehead atoms. The smallest absolute Gasteiger partial charge is 0.489 e. The van der Waals surface area contributed by atoms with Crippen LogP contribution in [-0.2, 0) is 11.3 Å². The lowest BCUT2D eigenvalue weighted by Crippen LogP contribution is -2.41. The lowest BCUT2D eigenvalue weighted by Gasteiger charge is -2.19. The molecule has 1 heterocycles. The number of hydrogen-bond acceptors (Lipinski definition) is 5. The van der Waals surface area contributed by atoms with Crippen LogP contribution in [0.15, 0.2) is 6.07 Å². The summed E-state index contributed by atoms with van der Waals surface area (Å²) in [5, 5.41) is 18.9.